The van der Waals surface area contributed by atoms with E-state index in [2.05, 4.69) is 5.32 Å². The monoisotopic (exact) mass is 245 g/mol. The number of methoxy groups -OCH3 is 1. The van der Waals surface area contributed by atoms with Crippen LogP contribution in [0.3, 0.4) is 0 Å². The molecule has 1 unspecified atom stereocenters. The number of esters is 1. The van der Waals surface area contributed by atoms with Crippen LogP contribution in [0.5, 0.6) is 0 Å². The van der Waals surface area contributed by atoms with E-state index in [0.717, 1.165) is 5.56 Å². The van der Waals surface area contributed by atoms with Gasteiger partial charge in [-0.1, -0.05) is 30.3 Å². The summed E-state index contributed by atoms with van der Waals surface area (Å²) in [4.78, 5) is 11.7. The lowest BCUT2D eigenvalue weighted by Crippen LogP contribution is -2.32. The van der Waals surface area contributed by atoms with Crippen molar-refractivity contribution < 1.29 is 13.9 Å². The zero-order chi connectivity index (χ0) is 12.8. The molecule has 1 N–H and O–H groups in total. The summed E-state index contributed by atoms with van der Waals surface area (Å²) in [5.74, 6) is 0.247. The third kappa shape index (κ3) is 3.13. The fourth-order valence-electron chi connectivity index (χ4n) is 1.72. The van der Waals surface area contributed by atoms with Gasteiger partial charge in [0.25, 0.3) is 0 Å². The number of ether oxygens (including phenoxy) is 1. The third-order valence-electron chi connectivity index (χ3n) is 2.61. The Hall–Kier alpha value is -2.23. The molecule has 4 heteroatoms. The van der Waals surface area contributed by atoms with Gasteiger partial charge in [0.2, 0.25) is 0 Å². The molecule has 0 saturated carbocycles. The van der Waals surface area contributed by atoms with E-state index in [9.17, 15) is 4.79 Å². The smallest absolute Gasteiger partial charge is 0.328 e. The Morgan fingerprint density at radius 3 is 2.67 bits per heavy atom. The summed E-state index contributed by atoms with van der Waals surface area (Å²) in [6.45, 7) is 0. The van der Waals surface area contributed by atoms with Gasteiger partial charge in [0.15, 0.2) is 5.88 Å². The Balaban J connectivity index is 2.08. The Bertz CT molecular complexity index is 479. The van der Waals surface area contributed by atoms with Crippen LogP contribution < -0.4 is 5.32 Å². The van der Waals surface area contributed by atoms with E-state index < -0.39 is 6.04 Å². The summed E-state index contributed by atoms with van der Waals surface area (Å²) >= 11 is 0. The van der Waals surface area contributed by atoms with Crippen LogP contribution in [-0.4, -0.2) is 19.1 Å². The second kappa shape index (κ2) is 5.91. The van der Waals surface area contributed by atoms with Crippen molar-refractivity contribution in [2.75, 3.05) is 12.4 Å². The molecule has 0 bridgehead atoms. The SMILES string of the molecule is COC(=O)C(Cc1ccccc1)Nc1ccco1. The van der Waals surface area contributed by atoms with Crippen molar-refractivity contribution in [3.8, 4) is 0 Å². The molecule has 0 aliphatic carbocycles. The van der Waals surface area contributed by atoms with Crippen molar-refractivity contribution in [1.29, 1.82) is 0 Å². The molecule has 0 fully saturated rings. The van der Waals surface area contributed by atoms with E-state index in [0.29, 0.717) is 12.3 Å². The van der Waals surface area contributed by atoms with Crippen LogP contribution in [0, 0.1) is 0 Å². The first-order chi connectivity index (χ1) is 8.79. The molecule has 0 saturated heterocycles. The highest BCUT2D eigenvalue weighted by atomic mass is 16.5. The Morgan fingerprint density at radius 2 is 2.06 bits per heavy atom. The number of benzene rings is 1. The normalized spacial score (nSPS) is 11.8. The number of carbonyl (C=O) groups excluding carboxylic acids is 1. The maximum atomic E-state index is 11.7. The number of furan rings is 1. The Kier molecular flexibility index (Phi) is 4.02. The quantitative estimate of drug-likeness (QED) is 0.822. The third-order valence-corrected chi connectivity index (χ3v) is 2.61. The summed E-state index contributed by atoms with van der Waals surface area (Å²) in [7, 11) is 1.38. The highest BCUT2D eigenvalue weighted by Crippen LogP contribution is 2.12. The zero-order valence-corrected chi connectivity index (χ0v) is 10.1. The lowest BCUT2D eigenvalue weighted by molar-refractivity contribution is -0.141. The van der Waals surface area contributed by atoms with Crippen molar-refractivity contribution in [2.45, 2.75) is 12.5 Å². The molecule has 0 spiro atoms. The van der Waals surface area contributed by atoms with Crippen LogP contribution in [-0.2, 0) is 16.0 Å². The molecule has 1 aromatic heterocycles. The van der Waals surface area contributed by atoms with Crippen molar-refractivity contribution in [3.05, 3.63) is 54.3 Å². The number of hydrogen-bond acceptors (Lipinski definition) is 4. The molecular weight excluding hydrogens is 230 g/mol. The van der Waals surface area contributed by atoms with Gasteiger partial charge in [-0.15, -0.1) is 0 Å². The molecule has 94 valence electrons. The number of anilines is 1. The zero-order valence-electron chi connectivity index (χ0n) is 10.1. The molecule has 2 aromatic rings. The minimum absolute atomic E-state index is 0.310. The molecule has 1 aromatic carbocycles. The van der Waals surface area contributed by atoms with Gasteiger partial charge in [-0.25, -0.2) is 4.79 Å². The summed E-state index contributed by atoms with van der Waals surface area (Å²) < 4.78 is 9.97. The van der Waals surface area contributed by atoms with Gasteiger partial charge < -0.3 is 14.5 Å². The maximum Gasteiger partial charge on any atom is 0.328 e. The van der Waals surface area contributed by atoms with Crippen molar-refractivity contribution in [3.63, 3.8) is 0 Å². The fraction of sp³-hybridized carbons (Fsp3) is 0.214. The average molecular weight is 245 g/mol. The predicted molar refractivity (Wildman–Crippen MR) is 68.3 cm³/mol. The number of nitrogens with one attached hydrogen (secondary N) is 1. The minimum atomic E-state index is -0.455. The van der Waals surface area contributed by atoms with Crippen molar-refractivity contribution >= 4 is 11.9 Å². The summed E-state index contributed by atoms with van der Waals surface area (Å²) in [6, 6.07) is 12.8. The fourth-order valence-corrected chi connectivity index (χ4v) is 1.72. The molecule has 2 rings (SSSR count). The van der Waals surface area contributed by atoms with E-state index >= 15 is 0 Å². The standard InChI is InChI=1S/C14H15NO3/c1-17-14(16)12(15-13-8-5-9-18-13)10-11-6-3-2-4-7-11/h2-9,12,15H,10H2,1H3. The van der Waals surface area contributed by atoms with Crippen LogP contribution in [0.4, 0.5) is 5.88 Å². The van der Waals surface area contributed by atoms with Crippen LogP contribution in [0.25, 0.3) is 0 Å². The molecule has 1 atom stereocenters. The minimum Gasteiger partial charge on any atom is -0.467 e. The van der Waals surface area contributed by atoms with Gasteiger partial charge >= 0.3 is 5.97 Å². The largest absolute Gasteiger partial charge is 0.467 e. The number of hydrogen-bond donors (Lipinski definition) is 1. The van der Waals surface area contributed by atoms with Crippen molar-refractivity contribution in [2.24, 2.45) is 0 Å². The topological polar surface area (TPSA) is 51.5 Å². The summed E-state index contributed by atoms with van der Waals surface area (Å²) in [6.07, 6.45) is 2.10. The van der Waals surface area contributed by atoms with E-state index in [-0.39, 0.29) is 5.97 Å². The van der Waals surface area contributed by atoms with E-state index in [1.807, 2.05) is 30.3 Å². The second-order valence-corrected chi connectivity index (χ2v) is 3.89. The highest BCUT2D eigenvalue weighted by molar-refractivity contribution is 5.79. The first-order valence-electron chi connectivity index (χ1n) is 5.71. The molecular formula is C14H15NO3. The van der Waals surface area contributed by atoms with E-state index in [4.69, 9.17) is 9.15 Å². The molecule has 4 nitrogen and oxygen atoms in total. The number of carbonyl (C=O) groups is 1. The summed E-state index contributed by atoms with van der Waals surface area (Å²) in [5.41, 5.74) is 1.06. The molecule has 0 radical (unpaired) electrons. The highest BCUT2D eigenvalue weighted by Gasteiger charge is 2.20. The van der Waals surface area contributed by atoms with Gasteiger partial charge in [-0.05, 0) is 11.6 Å². The van der Waals surface area contributed by atoms with Gasteiger partial charge in [-0.3, -0.25) is 0 Å². The first kappa shape index (κ1) is 12.2. The van der Waals surface area contributed by atoms with Gasteiger partial charge in [0, 0.05) is 12.5 Å². The van der Waals surface area contributed by atoms with E-state index in [1.165, 1.54) is 7.11 Å². The van der Waals surface area contributed by atoms with Gasteiger partial charge in [0.1, 0.15) is 6.04 Å². The van der Waals surface area contributed by atoms with Crippen LogP contribution in [0.2, 0.25) is 0 Å². The molecule has 0 amide bonds. The van der Waals surface area contributed by atoms with Crippen LogP contribution in [0.15, 0.2) is 53.1 Å². The molecule has 1 heterocycles. The molecule has 0 aliphatic rings. The Morgan fingerprint density at radius 1 is 1.28 bits per heavy atom. The van der Waals surface area contributed by atoms with Crippen molar-refractivity contribution in [1.82, 2.24) is 0 Å². The Labute approximate surface area is 106 Å². The second-order valence-electron chi connectivity index (χ2n) is 3.89. The van der Waals surface area contributed by atoms with E-state index in [1.54, 1.807) is 18.4 Å². The average Bonchev–Trinajstić information content (AvgIpc) is 2.91. The van der Waals surface area contributed by atoms with Gasteiger partial charge in [-0.2, -0.15) is 0 Å². The predicted octanol–water partition coefficient (Wildman–Crippen LogP) is 2.48. The number of rotatable bonds is 5. The van der Waals surface area contributed by atoms with Gasteiger partial charge in [0.05, 0.1) is 13.4 Å². The van der Waals surface area contributed by atoms with Crippen LogP contribution in [0.1, 0.15) is 5.56 Å². The first-order valence-corrected chi connectivity index (χ1v) is 5.71. The lowest BCUT2D eigenvalue weighted by atomic mass is 10.1. The molecule has 18 heavy (non-hydrogen) atoms. The lowest BCUT2D eigenvalue weighted by Gasteiger charge is -2.15. The molecule has 0 aliphatic heterocycles. The summed E-state index contributed by atoms with van der Waals surface area (Å²) in [5, 5.41) is 3.02. The van der Waals surface area contributed by atoms with Crippen LogP contribution >= 0.6 is 0 Å². The maximum absolute atomic E-state index is 11.7.